The minimum atomic E-state index is -5.22. The normalized spacial score (nSPS) is 28.4. The summed E-state index contributed by atoms with van der Waals surface area (Å²) >= 11 is 0. The van der Waals surface area contributed by atoms with Crippen LogP contribution in [0.4, 0.5) is 18.9 Å². The molecule has 2 aromatic rings. The number of ether oxygens (including phenoxy) is 3. The molecule has 7 nitrogen and oxygen atoms in total. The van der Waals surface area contributed by atoms with E-state index in [1.165, 1.54) is 17.7 Å². The number of quaternary nitrogens is 1. The van der Waals surface area contributed by atoms with Gasteiger partial charge >= 0.3 is 12.3 Å². The summed E-state index contributed by atoms with van der Waals surface area (Å²) in [6.07, 6.45) is 1.56. The van der Waals surface area contributed by atoms with Crippen LogP contribution in [0.5, 0.6) is 5.75 Å². The summed E-state index contributed by atoms with van der Waals surface area (Å²) in [7, 11) is 0. The maximum Gasteiger partial charge on any atom is 0.573 e. The molecule has 240 valence electrons. The lowest BCUT2D eigenvalue weighted by Gasteiger charge is -2.62. The van der Waals surface area contributed by atoms with Crippen molar-refractivity contribution in [2.24, 2.45) is 11.8 Å². The molecule has 1 saturated carbocycles. The molecule has 5 atom stereocenters. The number of nitrogens with one attached hydrogen (secondary N) is 1. The highest BCUT2D eigenvalue weighted by Crippen LogP contribution is 2.64. The third-order valence-corrected chi connectivity index (χ3v) is 10.1. The van der Waals surface area contributed by atoms with Crippen LogP contribution in [0.15, 0.2) is 60.9 Å². The van der Waals surface area contributed by atoms with E-state index in [1.54, 1.807) is 24.3 Å². The van der Waals surface area contributed by atoms with Crippen LogP contribution in [0.3, 0.4) is 0 Å². The van der Waals surface area contributed by atoms with E-state index >= 15 is 0 Å². The van der Waals surface area contributed by atoms with Gasteiger partial charge in [-0.25, -0.2) is 0 Å². The highest BCUT2D eigenvalue weighted by molar-refractivity contribution is 6.08. The Kier molecular flexibility index (Phi) is 8.00. The monoisotopic (exact) mass is 625 g/mol. The molecule has 2 heterocycles. The van der Waals surface area contributed by atoms with Gasteiger partial charge in [-0.3, -0.25) is 9.59 Å². The zero-order chi connectivity index (χ0) is 32.1. The lowest BCUT2D eigenvalue weighted by molar-refractivity contribution is -0.960. The van der Waals surface area contributed by atoms with Crippen molar-refractivity contribution in [3.05, 3.63) is 77.6 Å². The molecule has 45 heavy (non-hydrogen) atoms. The first kappa shape index (κ1) is 31.2. The number of likely N-dealkylation sites (tertiary alicyclic amines) is 1. The third-order valence-electron chi connectivity index (χ3n) is 10.1. The molecule has 1 N–H and O–H groups in total. The molecule has 1 unspecified atom stereocenters. The number of carbonyl (C=O) groups is 2. The van der Waals surface area contributed by atoms with Crippen molar-refractivity contribution in [3.63, 3.8) is 0 Å². The number of benzene rings is 2. The second-order valence-electron chi connectivity index (χ2n) is 13.3. The van der Waals surface area contributed by atoms with Crippen LogP contribution in [-0.4, -0.2) is 54.5 Å². The molecule has 2 fully saturated rings. The first-order chi connectivity index (χ1) is 21.4. The summed E-state index contributed by atoms with van der Waals surface area (Å²) < 4.78 is 58.1. The number of anilines is 1. The van der Waals surface area contributed by atoms with Gasteiger partial charge in [0.2, 0.25) is 5.76 Å². The average Bonchev–Trinajstić information content (AvgIpc) is 3.32. The van der Waals surface area contributed by atoms with E-state index in [0.29, 0.717) is 23.6 Å². The van der Waals surface area contributed by atoms with Gasteiger partial charge in [-0.2, -0.15) is 0 Å². The topological polar surface area (TPSA) is 73.9 Å². The zero-order valence-electron chi connectivity index (χ0n) is 25.9. The number of esters is 1. The van der Waals surface area contributed by atoms with Crippen molar-refractivity contribution < 1.29 is 41.5 Å². The van der Waals surface area contributed by atoms with Crippen LogP contribution in [0.25, 0.3) is 5.76 Å². The summed E-state index contributed by atoms with van der Waals surface area (Å²) in [5.41, 5.74) is 2.42. The number of hydrogen-bond acceptors (Lipinski definition) is 5. The fourth-order valence-electron chi connectivity index (χ4n) is 8.95. The molecule has 1 saturated heterocycles. The SMILES string of the molecule is C=CC[N+]1(CC(C)C)CC[C@]23c4c5ccc(NC(=O)C(OC(F)(F)F)=C(OC(C)=O)c6ccccc6)c4O[C@H]2CCC[C@H]3[C@H]1C5. The standard InChI is InChI=1S/C35H39F3N2O5/c1-5-17-40(20-21(2)3)18-16-34-25-12-9-13-28(34)44-31-26(15-14-24(29(31)34)19-27(25)40)39-33(42)32(45-35(36,37)38)30(43-22(4)41)23-10-7-6-8-11-23/h5-8,10-11,14-15,21,25,27-28H,1,9,12-13,16-20H2,2-4H3/p+1/t25-,27+,28-,34+,40?/m0/s1. The predicted molar refractivity (Wildman–Crippen MR) is 163 cm³/mol. The van der Waals surface area contributed by atoms with Crippen molar-refractivity contribution in [3.8, 4) is 5.75 Å². The number of rotatable bonds is 9. The molecule has 6 rings (SSSR count). The molecule has 2 aromatic carbocycles. The molecule has 1 amide bonds. The van der Waals surface area contributed by atoms with E-state index in [9.17, 15) is 22.8 Å². The van der Waals surface area contributed by atoms with Crippen molar-refractivity contribution in [2.75, 3.05) is 25.0 Å². The van der Waals surface area contributed by atoms with E-state index in [1.807, 2.05) is 6.07 Å². The molecule has 2 aliphatic carbocycles. The Morgan fingerprint density at radius 1 is 1.18 bits per heavy atom. The molecule has 2 aliphatic heterocycles. The lowest BCUT2D eigenvalue weighted by Crippen LogP contribution is -2.72. The zero-order valence-corrected chi connectivity index (χ0v) is 25.9. The molecule has 4 aliphatic rings. The number of halogens is 3. The van der Waals surface area contributed by atoms with Crippen LogP contribution in [-0.2, 0) is 30.9 Å². The van der Waals surface area contributed by atoms with Crippen LogP contribution in [0.1, 0.15) is 63.1 Å². The molecule has 10 heteroatoms. The molecular weight excluding hydrogens is 585 g/mol. The van der Waals surface area contributed by atoms with E-state index in [0.717, 1.165) is 68.7 Å². The van der Waals surface area contributed by atoms with Gasteiger partial charge in [0, 0.05) is 42.7 Å². The van der Waals surface area contributed by atoms with Crippen LogP contribution in [0.2, 0.25) is 0 Å². The minimum absolute atomic E-state index is 0.0711. The van der Waals surface area contributed by atoms with Gasteiger partial charge in [-0.1, -0.05) is 56.8 Å². The summed E-state index contributed by atoms with van der Waals surface area (Å²) in [6.45, 7) is 12.7. The first-order valence-electron chi connectivity index (χ1n) is 15.7. The largest absolute Gasteiger partial charge is 0.573 e. The van der Waals surface area contributed by atoms with Crippen LogP contribution in [0, 0.1) is 11.8 Å². The van der Waals surface area contributed by atoms with E-state index < -0.39 is 29.8 Å². The average molecular weight is 626 g/mol. The van der Waals surface area contributed by atoms with Gasteiger partial charge in [0.25, 0.3) is 5.91 Å². The van der Waals surface area contributed by atoms with Crippen molar-refractivity contribution in [1.82, 2.24) is 0 Å². The van der Waals surface area contributed by atoms with Crippen molar-refractivity contribution >= 4 is 23.3 Å². The summed E-state index contributed by atoms with van der Waals surface area (Å²) in [4.78, 5) is 25.6. The molecule has 1 spiro atoms. The quantitative estimate of drug-likeness (QED) is 0.108. The van der Waals surface area contributed by atoms with Crippen molar-refractivity contribution in [2.45, 2.75) is 76.8 Å². The smallest absolute Gasteiger partial charge is 0.487 e. The summed E-state index contributed by atoms with van der Waals surface area (Å²) in [5.74, 6) is -2.45. The Balaban J connectivity index is 1.42. The Labute approximate surface area is 261 Å². The molecule has 0 radical (unpaired) electrons. The van der Waals surface area contributed by atoms with Crippen molar-refractivity contribution in [1.29, 1.82) is 0 Å². The van der Waals surface area contributed by atoms with Crippen LogP contribution >= 0.6 is 0 Å². The number of carbonyl (C=O) groups excluding carboxylic acids is 2. The Bertz CT molecular complexity index is 1540. The first-order valence-corrected chi connectivity index (χ1v) is 15.7. The second-order valence-corrected chi connectivity index (χ2v) is 13.3. The number of piperidine rings is 1. The number of nitrogens with zero attached hydrogens (tertiary/aromatic N) is 1. The highest BCUT2D eigenvalue weighted by Gasteiger charge is 2.67. The maximum absolute atomic E-state index is 13.7. The van der Waals surface area contributed by atoms with Gasteiger partial charge in [-0.05, 0) is 37.0 Å². The molecule has 2 bridgehead atoms. The van der Waals surface area contributed by atoms with Crippen LogP contribution < -0.4 is 10.1 Å². The van der Waals surface area contributed by atoms with E-state index in [2.05, 4.69) is 36.6 Å². The maximum atomic E-state index is 13.7. The highest BCUT2D eigenvalue weighted by atomic mass is 19.4. The fourth-order valence-corrected chi connectivity index (χ4v) is 8.95. The van der Waals surface area contributed by atoms with E-state index in [-0.39, 0.29) is 22.8 Å². The van der Waals surface area contributed by atoms with E-state index in [4.69, 9.17) is 9.47 Å². The lowest BCUT2D eigenvalue weighted by atomic mass is 9.51. The fraction of sp³-hybridized carbons (Fsp3) is 0.486. The third kappa shape index (κ3) is 5.41. The Hall–Kier alpha value is -3.79. The number of hydrogen-bond donors (Lipinski definition) is 1. The Morgan fingerprint density at radius 2 is 1.93 bits per heavy atom. The minimum Gasteiger partial charge on any atom is -0.487 e. The molecule has 0 aromatic heterocycles. The summed E-state index contributed by atoms with van der Waals surface area (Å²) in [5, 5.41) is 2.64. The van der Waals surface area contributed by atoms with Gasteiger partial charge in [0.05, 0.1) is 36.8 Å². The summed E-state index contributed by atoms with van der Waals surface area (Å²) in [6, 6.07) is 11.7. The second kappa shape index (κ2) is 11.5. The molecular formula is C35H40F3N2O5+. The van der Waals surface area contributed by atoms with Gasteiger partial charge in [-0.15, -0.1) is 13.2 Å². The van der Waals surface area contributed by atoms with Gasteiger partial charge in [0.1, 0.15) is 11.9 Å². The predicted octanol–water partition coefficient (Wildman–Crippen LogP) is 6.88. The van der Waals surface area contributed by atoms with Gasteiger partial charge < -0.3 is 24.0 Å². The number of alkyl halides is 3. The van der Waals surface area contributed by atoms with Gasteiger partial charge in [0.15, 0.2) is 5.76 Å². The Morgan fingerprint density at radius 3 is 2.60 bits per heavy atom. The number of amides is 1.